The quantitative estimate of drug-likeness (QED) is 0.00796. The minimum Gasteiger partial charge on any atom is -0.496 e. The van der Waals surface area contributed by atoms with Crippen molar-refractivity contribution in [1.82, 2.24) is 45.7 Å². The number of alkyl carbamates (subject to hydrolysis) is 1. The number of urea groups is 1. The van der Waals surface area contributed by atoms with Crippen molar-refractivity contribution >= 4 is 105 Å². The molecule has 3 unspecified atom stereocenters. The summed E-state index contributed by atoms with van der Waals surface area (Å²) in [4.78, 5) is 166. The van der Waals surface area contributed by atoms with E-state index in [1.165, 1.54) is 41.7 Å². The number of amides is 6. The number of ether oxygens (including phenoxy) is 10. The SMILES string of the molecule is COC(=O)[C@H]1OC(OC(=O)N[C@@H](CC(=O)N(C)Cc2cc(NC(=O)C(CCCNC(N)=O)NC(=O)C(N)C(C)C)ccc2C[N+]2(C)CCN(CCOc3ccc(-c4c(-c5ccc(F)cc5)sc5ncnc(O[C@H](Cc6ccccc6OCc6ccnc(-c7ccccc7OC)n6)C(=O)O)c45)c(C)c3Cl)CC2)C(=O)O)[C@H](OC(C)=O)[C@@H](OC(C)=O)[C@@H]1OC(C)=O. The second kappa shape index (κ2) is 42.8. The van der Waals surface area contributed by atoms with Crippen molar-refractivity contribution in [3.63, 3.8) is 0 Å². The molecule has 3 aromatic heterocycles. The third-order valence-corrected chi connectivity index (χ3v) is 22.2. The molecule has 2 fully saturated rings. The number of piperazine rings is 1. The molecular weight excluding hydrogens is 1660 g/mol. The third-order valence-electron chi connectivity index (χ3n) is 20.6. The highest BCUT2D eigenvalue weighted by Crippen LogP contribution is 2.50. The van der Waals surface area contributed by atoms with Gasteiger partial charge < -0.3 is 99.7 Å². The number of aliphatic carboxylic acids is 2. The van der Waals surface area contributed by atoms with Gasteiger partial charge in [-0.05, 0) is 108 Å². The van der Waals surface area contributed by atoms with Crippen molar-refractivity contribution in [2.24, 2.45) is 17.4 Å². The number of halogens is 2. The summed E-state index contributed by atoms with van der Waals surface area (Å²) >= 11 is 8.58. The van der Waals surface area contributed by atoms with Gasteiger partial charge in [0.15, 0.2) is 24.1 Å². The number of anilines is 1. The number of nitrogens with two attached hydrogens (primary N) is 2. The summed E-state index contributed by atoms with van der Waals surface area (Å²) in [6.45, 7) is 11.4. The van der Waals surface area contributed by atoms with Gasteiger partial charge in [0, 0.05) is 94.9 Å². The maximum atomic E-state index is 14.6. The van der Waals surface area contributed by atoms with Crippen LogP contribution in [0.1, 0.15) is 81.8 Å². The number of primary amides is 1. The number of benzene rings is 5. The van der Waals surface area contributed by atoms with Crippen LogP contribution in [0.4, 0.5) is 19.7 Å². The normalized spacial score (nSPS) is 17.1. The number of hydrogen-bond donors (Lipinski definition) is 8. The Hall–Kier alpha value is -12.8. The number of quaternary nitrogens is 1. The molecule has 5 heterocycles. The van der Waals surface area contributed by atoms with Crippen LogP contribution in [0.25, 0.3) is 43.2 Å². The molecule has 10 N–H and O–H groups in total. The number of thiophene rings is 1. The molecule has 2 aliphatic heterocycles. The van der Waals surface area contributed by atoms with Gasteiger partial charge in [-0.1, -0.05) is 80.0 Å². The molecule has 2 aliphatic rings. The average molecular weight is 1760 g/mol. The molecule has 6 amide bonds. The first-order chi connectivity index (χ1) is 59.1. The van der Waals surface area contributed by atoms with Crippen LogP contribution in [0.15, 0.2) is 122 Å². The number of esters is 4. The van der Waals surface area contributed by atoms with Crippen LogP contribution in [0.3, 0.4) is 0 Å². The molecular formula is C85H98ClFN13O23S+. The van der Waals surface area contributed by atoms with E-state index < -0.39 is 133 Å². The monoisotopic (exact) mass is 1750 g/mol. The number of hydrogen-bond acceptors (Lipinski definition) is 28. The molecule has 0 spiro atoms. The Labute approximate surface area is 721 Å². The van der Waals surface area contributed by atoms with Crippen LogP contribution < -0.4 is 51.7 Å². The highest BCUT2D eigenvalue weighted by Gasteiger charge is 2.56. The fourth-order valence-electron chi connectivity index (χ4n) is 14.0. The number of rotatable bonds is 38. The predicted molar refractivity (Wildman–Crippen MR) is 446 cm³/mol. The maximum Gasteiger partial charge on any atom is 0.410 e. The van der Waals surface area contributed by atoms with Crippen molar-refractivity contribution < 1.29 is 119 Å². The summed E-state index contributed by atoms with van der Waals surface area (Å²) in [5, 5.41) is 32.1. The predicted octanol–water partition coefficient (Wildman–Crippen LogP) is 7.66. The molecule has 124 heavy (non-hydrogen) atoms. The molecule has 9 atom stereocenters. The minimum atomic E-state index is -2.17. The van der Waals surface area contributed by atoms with Crippen LogP contribution in [-0.2, 0) is 97.7 Å². The zero-order chi connectivity index (χ0) is 89.8. The van der Waals surface area contributed by atoms with Gasteiger partial charge in [0.2, 0.25) is 42.1 Å². The van der Waals surface area contributed by atoms with Crippen LogP contribution >= 0.6 is 22.9 Å². The van der Waals surface area contributed by atoms with Crippen molar-refractivity contribution in [1.29, 1.82) is 0 Å². The van der Waals surface area contributed by atoms with Gasteiger partial charge in [-0.3, -0.25) is 33.7 Å². The second-order valence-corrected chi connectivity index (χ2v) is 31.4. The van der Waals surface area contributed by atoms with Gasteiger partial charge in [0.1, 0.15) is 66.1 Å². The van der Waals surface area contributed by atoms with E-state index in [9.17, 15) is 67.3 Å². The number of methoxy groups -OCH3 is 2. The summed E-state index contributed by atoms with van der Waals surface area (Å²) in [5.41, 5.74) is 17.0. The van der Waals surface area contributed by atoms with Gasteiger partial charge >= 0.3 is 47.9 Å². The molecule has 8 aromatic rings. The zero-order valence-electron chi connectivity index (χ0n) is 69.6. The van der Waals surface area contributed by atoms with Crippen molar-refractivity contribution in [3.05, 3.63) is 161 Å². The molecule has 660 valence electrons. The van der Waals surface area contributed by atoms with Crippen LogP contribution in [0.2, 0.25) is 5.02 Å². The number of para-hydroxylation sites is 2. The molecule has 5 aromatic carbocycles. The number of fused-ring (bicyclic) bond motifs is 1. The molecule has 10 rings (SSSR count). The Morgan fingerprint density at radius 3 is 2.11 bits per heavy atom. The molecule has 0 bridgehead atoms. The van der Waals surface area contributed by atoms with Gasteiger partial charge in [0.05, 0.1) is 68.5 Å². The van der Waals surface area contributed by atoms with E-state index in [0.717, 1.165) is 27.9 Å². The van der Waals surface area contributed by atoms with E-state index in [0.29, 0.717) is 132 Å². The highest BCUT2D eigenvalue weighted by molar-refractivity contribution is 7.22. The van der Waals surface area contributed by atoms with Gasteiger partial charge in [0.25, 0.3) is 0 Å². The van der Waals surface area contributed by atoms with Gasteiger partial charge in [-0.25, -0.2) is 48.3 Å². The topological polar surface area (TPSA) is 479 Å². The number of likely N-dealkylation sites (N-methyl/N-ethyl adjacent to an activating group) is 1. The first-order valence-electron chi connectivity index (χ1n) is 39.4. The third kappa shape index (κ3) is 24.6. The van der Waals surface area contributed by atoms with Crippen LogP contribution in [0, 0.1) is 18.7 Å². The zero-order valence-corrected chi connectivity index (χ0v) is 71.2. The average Bonchev–Trinajstić information content (AvgIpc) is 1.56. The number of carbonyl (C=O) groups is 11. The van der Waals surface area contributed by atoms with E-state index in [2.05, 4.69) is 48.2 Å². The van der Waals surface area contributed by atoms with Crippen LogP contribution in [-0.4, -0.2) is 239 Å². The Morgan fingerprint density at radius 1 is 0.758 bits per heavy atom. The summed E-state index contributed by atoms with van der Waals surface area (Å²) < 4.78 is 71.6. The molecule has 0 saturated carbocycles. The molecule has 36 nitrogen and oxygen atoms in total. The van der Waals surface area contributed by atoms with E-state index in [-0.39, 0.29) is 68.1 Å². The van der Waals surface area contributed by atoms with Crippen molar-refractivity contribution in [2.45, 2.75) is 142 Å². The molecule has 0 aliphatic carbocycles. The Kier molecular flexibility index (Phi) is 32.3. The van der Waals surface area contributed by atoms with E-state index in [4.69, 9.17) is 75.4 Å². The molecule has 2 saturated heterocycles. The van der Waals surface area contributed by atoms with E-state index in [1.54, 1.807) is 93.9 Å². The number of carboxylic acids is 2. The van der Waals surface area contributed by atoms with Crippen molar-refractivity contribution in [3.8, 4) is 56.1 Å². The standard InChI is InChI=1S/C85H97ClFN13O23S/c1-45(2)69(88)77(106)96-59(18-15-30-91-84(89)112)76(105)95-55-26-23-52(53(38-55)41-98(7)65(104)40-60(80(107)108)97-85(113)123-83-73(120-49(6)103)71(119-48(5)102)70(118-47(4)101)72(122-83)82(111)115-10)42-100(8)35-32-99(33-36-100)34-37-116-63-28-27-57(46(3)68(63)86)66-67-78(92-44-93-79(67)124-74(66)50-21-24-54(87)25-22-50)121-64(81(109)110)39-51-16-11-13-19-61(51)117-43-56-29-31-90-75(94-56)58-17-12-14-20-62(58)114-9/h11-14,16-17,19-29,31,38,44-45,59-60,64,69-73,83H,15,18,30,32-37,39-43,88H2,1-10H3,(H7-,89,91,95,96,97,105,106,107,108,109,110,112,113)/p+1/t59?,60-,64+,69?,70-,71-,72-,73+,83?/m0/s1. The number of nitrogens with zero attached hydrogens (tertiary/aromatic N) is 7. The first-order valence-corrected chi connectivity index (χ1v) is 40.6. The lowest BCUT2D eigenvalue weighted by Crippen LogP contribution is -2.64. The lowest BCUT2D eigenvalue weighted by Gasteiger charge is -2.42. The minimum absolute atomic E-state index is 0.0171. The molecule has 0 radical (unpaired) electrons. The summed E-state index contributed by atoms with van der Waals surface area (Å²) in [7, 11) is 5.93. The first kappa shape index (κ1) is 93.5. The van der Waals surface area contributed by atoms with E-state index in [1.807, 2.05) is 37.3 Å². The largest absolute Gasteiger partial charge is 0.496 e. The number of carbonyl (C=O) groups excluding carboxylic acids is 9. The van der Waals surface area contributed by atoms with Crippen LogP contribution in [0.5, 0.6) is 23.1 Å². The Bertz CT molecular complexity index is 5230. The second-order valence-electron chi connectivity index (χ2n) is 30.1. The fraction of sp³-hybridized carbons (Fsp3) is 0.400. The Balaban J connectivity index is 0.841. The van der Waals surface area contributed by atoms with E-state index >= 15 is 0 Å². The van der Waals surface area contributed by atoms with Crippen molar-refractivity contribution in [2.75, 3.05) is 79.5 Å². The highest BCUT2D eigenvalue weighted by atomic mass is 35.5. The summed E-state index contributed by atoms with van der Waals surface area (Å²) in [6.07, 6.45) is -10.8. The number of aromatic nitrogens is 4. The lowest BCUT2D eigenvalue weighted by molar-refractivity contribution is -0.926. The number of nitrogens with one attached hydrogen (secondary N) is 4. The lowest BCUT2D eigenvalue weighted by atomic mass is 9.96. The molecule has 39 heteroatoms. The maximum absolute atomic E-state index is 14.6. The van der Waals surface area contributed by atoms with Gasteiger partial charge in [-0.2, -0.15) is 0 Å². The van der Waals surface area contributed by atoms with Gasteiger partial charge in [-0.15, -0.1) is 11.3 Å². The summed E-state index contributed by atoms with van der Waals surface area (Å²) in [5.74, 6) is -8.41. The Morgan fingerprint density at radius 2 is 1.44 bits per heavy atom. The fourth-order valence-corrected chi connectivity index (χ4v) is 15.4. The smallest absolute Gasteiger partial charge is 0.410 e. The summed E-state index contributed by atoms with van der Waals surface area (Å²) in [6, 6.07) is 25.6. The number of carboxylic acid groups (broad SMARTS) is 2.